The minimum Gasteiger partial charge on any atom is -0.489 e. The van der Waals surface area contributed by atoms with Crippen LogP contribution in [0.2, 0.25) is 0 Å². The topological polar surface area (TPSA) is 64.6 Å². The smallest absolute Gasteiger partial charge is 0.407 e. The Labute approximate surface area is 160 Å². The fourth-order valence-corrected chi connectivity index (χ4v) is 2.63. The van der Waals surface area contributed by atoms with Crippen LogP contribution in [-0.2, 0) is 22.6 Å². The third-order valence-electron chi connectivity index (χ3n) is 4.14. The van der Waals surface area contributed by atoms with Gasteiger partial charge in [-0.1, -0.05) is 63.2 Å². The van der Waals surface area contributed by atoms with Crippen molar-refractivity contribution in [3.8, 4) is 5.75 Å². The Balaban J connectivity index is 2.02. The van der Waals surface area contributed by atoms with Crippen LogP contribution in [0.15, 0.2) is 54.6 Å². The lowest BCUT2D eigenvalue weighted by molar-refractivity contribution is -0.128. The Morgan fingerprint density at radius 3 is 2.15 bits per heavy atom. The first-order chi connectivity index (χ1) is 12.8. The van der Waals surface area contributed by atoms with Gasteiger partial charge in [0, 0.05) is 5.41 Å². The second-order valence-corrected chi connectivity index (χ2v) is 7.43. The van der Waals surface area contributed by atoms with Crippen molar-refractivity contribution < 1.29 is 19.1 Å². The Bertz CT molecular complexity index is 748. The molecule has 27 heavy (non-hydrogen) atoms. The van der Waals surface area contributed by atoms with Gasteiger partial charge < -0.3 is 14.8 Å². The van der Waals surface area contributed by atoms with E-state index in [4.69, 9.17) is 4.74 Å². The molecular weight excluding hydrogens is 342 g/mol. The molecule has 5 nitrogen and oxygen atoms in total. The van der Waals surface area contributed by atoms with Crippen LogP contribution < -0.4 is 10.1 Å². The third-order valence-corrected chi connectivity index (χ3v) is 4.14. The molecule has 0 aromatic heterocycles. The lowest BCUT2D eigenvalue weighted by atomic mass is 9.84. The SMILES string of the molecule is COC(=O)N[C@@H](Cc1ccc(OCc2ccccc2)cc1)C(=O)C(C)(C)C. The molecule has 0 spiro atoms. The normalized spacial score (nSPS) is 12.1. The van der Waals surface area contributed by atoms with Gasteiger partial charge in [0.1, 0.15) is 12.4 Å². The first kappa shape index (κ1) is 20.5. The van der Waals surface area contributed by atoms with Crippen molar-refractivity contribution >= 4 is 11.9 Å². The van der Waals surface area contributed by atoms with Crippen molar-refractivity contribution in [2.45, 2.75) is 39.8 Å². The van der Waals surface area contributed by atoms with Gasteiger partial charge in [0.25, 0.3) is 0 Å². The van der Waals surface area contributed by atoms with Gasteiger partial charge in [-0.3, -0.25) is 4.79 Å². The fourth-order valence-electron chi connectivity index (χ4n) is 2.63. The maximum Gasteiger partial charge on any atom is 0.407 e. The second kappa shape index (κ2) is 9.21. The number of rotatable bonds is 7. The van der Waals surface area contributed by atoms with Crippen LogP contribution in [0.5, 0.6) is 5.75 Å². The standard InChI is InChI=1S/C22H27NO4/c1-22(2,3)20(24)19(23-21(25)26-4)14-16-10-12-18(13-11-16)27-15-17-8-6-5-7-9-17/h5-13,19H,14-15H2,1-4H3,(H,23,25)/t19-/m0/s1. The van der Waals surface area contributed by atoms with Crippen LogP contribution in [-0.4, -0.2) is 25.0 Å². The summed E-state index contributed by atoms with van der Waals surface area (Å²) in [4.78, 5) is 24.3. The van der Waals surface area contributed by atoms with E-state index >= 15 is 0 Å². The number of ketones is 1. The van der Waals surface area contributed by atoms with Crippen LogP contribution >= 0.6 is 0 Å². The van der Waals surface area contributed by atoms with E-state index in [2.05, 4.69) is 10.1 Å². The molecule has 1 amide bonds. The maximum atomic E-state index is 12.7. The van der Waals surface area contributed by atoms with E-state index < -0.39 is 17.6 Å². The molecule has 0 saturated carbocycles. The molecule has 0 bridgehead atoms. The van der Waals surface area contributed by atoms with Crippen molar-refractivity contribution in [1.82, 2.24) is 5.32 Å². The molecule has 0 radical (unpaired) electrons. The Kier molecular flexibility index (Phi) is 6.99. The highest BCUT2D eigenvalue weighted by atomic mass is 16.5. The van der Waals surface area contributed by atoms with Gasteiger partial charge in [-0.15, -0.1) is 0 Å². The molecule has 0 aliphatic rings. The van der Waals surface area contributed by atoms with E-state index in [0.29, 0.717) is 13.0 Å². The molecule has 0 saturated heterocycles. The number of Topliss-reactive ketones (excluding diaryl/α,β-unsaturated/α-hetero) is 1. The molecule has 144 valence electrons. The number of hydrogen-bond donors (Lipinski definition) is 1. The lowest BCUT2D eigenvalue weighted by Gasteiger charge is -2.25. The molecule has 5 heteroatoms. The molecule has 0 aliphatic carbocycles. The number of hydrogen-bond acceptors (Lipinski definition) is 4. The number of ether oxygens (including phenoxy) is 2. The molecule has 0 heterocycles. The zero-order valence-electron chi connectivity index (χ0n) is 16.3. The number of alkyl carbamates (subject to hydrolysis) is 1. The molecular formula is C22H27NO4. The van der Waals surface area contributed by atoms with E-state index in [1.54, 1.807) is 0 Å². The molecule has 0 fully saturated rings. The quantitative estimate of drug-likeness (QED) is 0.796. The molecule has 2 aromatic rings. The van der Waals surface area contributed by atoms with Crippen molar-refractivity contribution in [3.05, 3.63) is 65.7 Å². The summed E-state index contributed by atoms with van der Waals surface area (Å²) >= 11 is 0. The predicted molar refractivity (Wildman–Crippen MR) is 105 cm³/mol. The highest BCUT2D eigenvalue weighted by Gasteiger charge is 2.31. The summed E-state index contributed by atoms with van der Waals surface area (Å²) in [5.74, 6) is 0.708. The van der Waals surface area contributed by atoms with Gasteiger partial charge in [-0.2, -0.15) is 0 Å². The van der Waals surface area contributed by atoms with E-state index in [1.807, 2.05) is 75.4 Å². The average molecular weight is 369 g/mol. The summed E-state index contributed by atoms with van der Waals surface area (Å²) in [5.41, 5.74) is 1.46. The zero-order chi connectivity index (χ0) is 19.9. The highest BCUT2D eigenvalue weighted by molar-refractivity contribution is 5.91. The van der Waals surface area contributed by atoms with E-state index in [1.165, 1.54) is 7.11 Å². The molecule has 1 N–H and O–H groups in total. The first-order valence-electron chi connectivity index (χ1n) is 8.94. The summed E-state index contributed by atoms with van der Waals surface area (Å²) in [6, 6.07) is 16.8. The lowest BCUT2D eigenvalue weighted by Crippen LogP contribution is -2.46. The minimum atomic E-state index is -0.645. The number of methoxy groups -OCH3 is 1. The summed E-state index contributed by atoms with van der Waals surface area (Å²) < 4.78 is 10.4. The second-order valence-electron chi connectivity index (χ2n) is 7.43. The highest BCUT2D eigenvalue weighted by Crippen LogP contribution is 2.21. The molecule has 2 rings (SSSR count). The van der Waals surface area contributed by atoms with Crippen molar-refractivity contribution in [1.29, 1.82) is 0 Å². The molecule has 0 unspecified atom stereocenters. The molecule has 2 aromatic carbocycles. The number of nitrogens with one attached hydrogen (secondary N) is 1. The van der Waals surface area contributed by atoms with Crippen LogP contribution in [0.1, 0.15) is 31.9 Å². The summed E-state index contributed by atoms with van der Waals surface area (Å²) in [6.45, 7) is 6.00. The van der Waals surface area contributed by atoms with Gasteiger partial charge in [0.2, 0.25) is 0 Å². The van der Waals surface area contributed by atoms with Gasteiger partial charge in [0.05, 0.1) is 13.2 Å². The van der Waals surface area contributed by atoms with Crippen molar-refractivity contribution in [2.24, 2.45) is 5.41 Å². The van der Waals surface area contributed by atoms with Crippen molar-refractivity contribution in [3.63, 3.8) is 0 Å². The average Bonchev–Trinajstić information content (AvgIpc) is 2.66. The Morgan fingerprint density at radius 1 is 0.963 bits per heavy atom. The molecule has 1 atom stereocenters. The monoisotopic (exact) mass is 369 g/mol. The number of amides is 1. The van der Waals surface area contributed by atoms with Gasteiger partial charge in [0.15, 0.2) is 5.78 Å². The number of carbonyl (C=O) groups excluding carboxylic acids is 2. The first-order valence-corrected chi connectivity index (χ1v) is 8.94. The van der Waals surface area contributed by atoms with Crippen LogP contribution in [0.4, 0.5) is 4.79 Å². The van der Waals surface area contributed by atoms with Crippen LogP contribution in [0.3, 0.4) is 0 Å². The van der Waals surface area contributed by atoms with E-state index in [9.17, 15) is 9.59 Å². The van der Waals surface area contributed by atoms with Gasteiger partial charge >= 0.3 is 6.09 Å². The zero-order valence-corrected chi connectivity index (χ0v) is 16.3. The summed E-state index contributed by atoms with van der Waals surface area (Å²) in [5, 5.41) is 2.64. The number of carbonyl (C=O) groups is 2. The molecule has 0 aliphatic heterocycles. The Hall–Kier alpha value is -2.82. The van der Waals surface area contributed by atoms with Crippen LogP contribution in [0, 0.1) is 5.41 Å². The summed E-state index contributed by atoms with van der Waals surface area (Å²) in [7, 11) is 1.28. The third kappa shape index (κ3) is 6.44. The maximum absolute atomic E-state index is 12.7. The number of benzene rings is 2. The fraction of sp³-hybridized carbons (Fsp3) is 0.364. The van der Waals surface area contributed by atoms with E-state index in [0.717, 1.165) is 16.9 Å². The van der Waals surface area contributed by atoms with Crippen LogP contribution in [0.25, 0.3) is 0 Å². The minimum absolute atomic E-state index is 0.0442. The van der Waals surface area contributed by atoms with Gasteiger partial charge in [-0.05, 0) is 29.7 Å². The predicted octanol–water partition coefficient (Wildman–Crippen LogP) is 4.15. The largest absolute Gasteiger partial charge is 0.489 e. The van der Waals surface area contributed by atoms with E-state index in [-0.39, 0.29) is 5.78 Å². The van der Waals surface area contributed by atoms with Crippen molar-refractivity contribution in [2.75, 3.05) is 7.11 Å². The Morgan fingerprint density at radius 2 is 1.59 bits per heavy atom. The summed E-state index contributed by atoms with van der Waals surface area (Å²) in [6.07, 6.45) is -0.218. The van der Waals surface area contributed by atoms with Gasteiger partial charge in [-0.25, -0.2) is 4.79 Å².